The molecule has 1 aliphatic heterocycles. The molecule has 3 rings (SSSR count). The van der Waals surface area contributed by atoms with Crippen LogP contribution in [0.25, 0.3) is 0 Å². The van der Waals surface area contributed by atoms with Crippen LogP contribution >= 0.6 is 0 Å². The number of hydrogen-bond donors (Lipinski definition) is 2. The van der Waals surface area contributed by atoms with Crippen LogP contribution in [0, 0.1) is 11.6 Å². The molecule has 2 N–H and O–H groups in total. The zero-order valence-electron chi connectivity index (χ0n) is 17.0. The van der Waals surface area contributed by atoms with Crippen LogP contribution in [0.5, 0.6) is 5.75 Å². The Balaban J connectivity index is 1.71. The summed E-state index contributed by atoms with van der Waals surface area (Å²) in [4.78, 5) is 26.0. The maximum Gasteiger partial charge on any atom is 0.325 e. The van der Waals surface area contributed by atoms with Crippen molar-refractivity contribution in [1.29, 1.82) is 0 Å². The lowest BCUT2D eigenvalue weighted by molar-refractivity contribution is -0.132. The van der Waals surface area contributed by atoms with Gasteiger partial charge in [-0.15, -0.1) is 0 Å². The number of aliphatic hydroxyl groups is 1. The number of urea groups is 1. The molecule has 2 atom stereocenters. The molecule has 0 bridgehead atoms. The van der Waals surface area contributed by atoms with Crippen LogP contribution in [-0.2, 0) is 10.3 Å². The Morgan fingerprint density at radius 3 is 2.57 bits per heavy atom. The third kappa shape index (κ3) is 4.14. The van der Waals surface area contributed by atoms with Crippen LogP contribution < -0.4 is 10.1 Å². The first-order chi connectivity index (χ1) is 14.1. The van der Waals surface area contributed by atoms with Gasteiger partial charge in [0.05, 0.1) is 6.54 Å². The first kappa shape index (κ1) is 21.7. The number of amides is 3. The Hall–Kier alpha value is -3.00. The molecule has 1 aliphatic rings. The molecular weight excluding hydrogens is 394 g/mol. The van der Waals surface area contributed by atoms with Gasteiger partial charge in [-0.3, -0.25) is 9.69 Å². The zero-order valence-corrected chi connectivity index (χ0v) is 17.0. The van der Waals surface area contributed by atoms with E-state index in [1.807, 2.05) is 32.0 Å². The van der Waals surface area contributed by atoms with Gasteiger partial charge in [0.15, 0.2) is 0 Å². The lowest BCUT2D eigenvalue weighted by Crippen LogP contribution is -2.43. The number of nitrogens with zero attached hydrogens (tertiary/aromatic N) is 1. The van der Waals surface area contributed by atoms with Crippen molar-refractivity contribution in [2.75, 3.05) is 13.2 Å². The second kappa shape index (κ2) is 8.39. The second-order valence-corrected chi connectivity index (χ2v) is 7.75. The molecule has 0 unspecified atom stereocenters. The standard InChI is InChI=1S/C22H24F2N2O4/c1-13(2)16-6-4-5-7-19(16)30-12-15(27)11-26-20(28)22(3,25-21(26)29)17-10-14(23)8-9-18(17)24/h4-10,13,15,27H,11-12H2,1-3H3,(H,25,29)/t15-,22+/m0/s1. The third-order valence-corrected chi connectivity index (χ3v) is 5.11. The van der Waals surface area contributed by atoms with Gasteiger partial charge in [-0.25, -0.2) is 13.6 Å². The van der Waals surface area contributed by atoms with Gasteiger partial charge in [-0.2, -0.15) is 0 Å². The molecule has 2 aromatic carbocycles. The van der Waals surface area contributed by atoms with Crippen molar-refractivity contribution in [3.8, 4) is 5.75 Å². The van der Waals surface area contributed by atoms with Crippen LogP contribution in [0.15, 0.2) is 42.5 Å². The maximum atomic E-state index is 14.2. The molecule has 3 amide bonds. The number of nitrogens with one attached hydrogen (secondary N) is 1. The summed E-state index contributed by atoms with van der Waals surface area (Å²) in [6, 6.07) is 9.29. The number of benzene rings is 2. The highest BCUT2D eigenvalue weighted by Gasteiger charge is 2.50. The SMILES string of the molecule is CC(C)c1ccccc1OC[C@@H](O)CN1C(=O)N[C@](C)(c2cc(F)ccc2F)C1=O. The summed E-state index contributed by atoms with van der Waals surface area (Å²) in [6.45, 7) is 4.83. The van der Waals surface area contributed by atoms with Crippen molar-refractivity contribution < 1.29 is 28.2 Å². The molecule has 0 aliphatic carbocycles. The van der Waals surface area contributed by atoms with E-state index in [0.717, 1.165) is 28.7 Å². The minimum absolute atomic E-state index is 0.147. The first-order valence-electron chi connectivity index (χ1n) is 9.63. The van der Waals surface area contributed by atoms with E-state index in [-0.39, 0.29) is 24.6 Å². The Morgan fingerprint density at radius 1 is 1.17 bits per heavy atom. The van der Waals surface area contributed by atoms with Crippen LogP contribution in [-0.4, -0.2) is 41.2 Å². The molecule has 160 valence electrons. The zero-order chi connectivity index (χ0) is 22.1. The largest absolute Gasteiger partial charge is 0.491 e. The van der Waals surface area contributed by atoms with Crippen LogP contribution in [0.4, 0.5) is 13.6 Å². The number of β-amino-alcohol motifs (C(OH)–C–C–N with tert-alkyl or cyclic N) is 1. The molecule has 1 heterocycles. The van der Waals surface area contributed by atoms with Gasteiger partial charge in [0, 0.05) is 5.56 Å². The minimum atomic E-state index is -1.77. The number of rotatable bonds is 7. The fraction of sp³-hybridized carbons (Fsp3) is 0.364. The number of ether oxygens (including phenoxy) is 1. The molecule has 0 radical (unpaired) electrons. The summed E-state index contributed by atoms with van der Waals surface area (Å²) in [5.74, 6) is -1.51. The highest BCUT2D eigenvalue weighted by molar-refractivity contribution is 6.07. The first-order valence-corrected chi connectivity index (χ1v) is 9.63. The number of hydrogen-bond acceptors (Lipinski definition) is 4. The fourth-order valence-corrected chi connectivity index (χ4v) is 3.46. The molecule has 0 saturated carbocycles. The average molecular weight is 418 g/mol. The molecule has 6 nitrogen and oxygen atoms in total. The van der Waals surface area contributed by atoms with Gasteiger partial charge in [0.2, 0.25) is 0 Å². The van der Waals surface area contributed by atoms with Gasteiger partial charge < -0.3 is 15.2 Å². The van der Waals surface area contributed by atoms with Crippen LogP contribution in [0.2, 0.25) is 0 Å². The molecule has 1 fully saturated rings. The van der Waals surface area contributed by atoms with Gasteiger partial charge >= 0.3 is 6.03 Å². The maximum absolute atomic E-state index is 14.2. The van der Waals surface area contributed by atoms with E-state index < -0.39 is 35.2 Å². The van der Waals surface area contributed by atoms with Crippen LogP contribution in [0.1, 0.15) is 37.8 Å². The summed E-state index contributed by atoms with van der Waals surface area (Å²) in [5.41, 5.74) is -1.08. The molecule has 0 aromatic heterocycles. The monoisotopic (exact) mass is 418 g/mol. The molecule has 0 spiro atoms. The molecule has 1 saturated heterocycles. The number of para-hydroxylation sites is 1. The van der Waals surface area contributed by atoms with Gasteiger partial charge in [0.1, 0.15) is 35.6 Å². The highest BCUT2D eigenvalue weighted by Crippen LogP contribution is 2.31. The Morgan fingerprint density at radius 2 is 1.87 bits per heavy atom. The Bertz CT molecular complexity index is 966. The summed E-state index contributed by atoms with van der Waals surface area (Å²) < 4.78 is 33.5. The second-order valence-electron chi connectivity index (χ2n) is 7.75. The van der Waals surface area contributed by atoms with E-state index in [9.17, 15) is 23.5 Å². The predicted octanol–water partition coefficient (Wildman–Crippen LogP) is 3.30. The summed E-state index contributed by atoms with van der Waals surface area (Å²) in [7, 11) is 0. The molecule has 2 aromatic rings. The molecular formula is C22H24F2N2O4. The van der Waals surface area contributed by atoms with Gasteiger partial charge in [-0.05, 0) is 42.7 Å². The van der Waals surface area contributed by atoms with E-state index in [1.165, 1.54) is 6.92 Å². The molecule has 30 heavy (non-hydrogen) atoms. The lowest BCUT2D eigenvalue weighted by Gasteiger charge is -2.23. The lowest BCUT2D eigenvalue weighted by atomic mass is 9.91. The van der Waals surface area contributed by atoms with Gasteiger partial charge in [-0.1, -0.05) is 32.0 Å². The quantitative estimate of drug-likeness (QED) is 0.677. The fourth-order valence-electron chi connectivity index (χ4n) is 3.46. The van der Waals surface area contributed by atoms with E-state index in [2.05, 4.69) is 5.32 Å². The number of halogens is 2. The van der Waals surface area contributed by atoms with Crippen molar-refractivity contribution in [2.45, 2.75) is 38.3 Å². The normalized spacial score (nSPS) is 19.9. The number of carbonyl (C=O) groups excluding carboxylic acids is 2. The van der Waals surface area contributed by atoms with E-state index in [1.54, 1.807) is 6.07 Å². The third-order valence-electron chi connectivity index (χ3n) is 5.11. The number of imide groups is 1. The van der Waals surface area contributed by atoms with Crippen LogP contribution in [0.3, 0.4) is 0 Å². The number of aliphatic hydroxyl groups excluding tert-OH is 1. The molecule has 8 heteroatoms. The van der Waals surface area contributed by atoms with Crippen molar-refractivity contribution >= 4 is 11.9 Å². The van der Waals surface area contributed by atoms with Crippen molar-refractivity contribution in [3.05, 3.63) is 65.2 Å². The number of carbonyl (C=O) groups is 2. The smallest absolute Gasteiger partial charge is 0.325 e. The van der Waals surface area contributed by atoms with Crippen molar-refractivity contribution in [2.24, 2.45) is 0 Å². The van der Waals surface area contributed by atoms with Crippen molar-refractivity contribution in [1.82, 2.24) is 10.2 Å². The minimum Gasteiger partial charge on any atom is -0.491 e. The van der Waals surface area contributed by atoms with E-state index >= 15 is 0 Å². The Kier molecular flexibility index (Phi) is 6.07. The van der Waals surface area contributed by atoms with E-state index in [4.69, 9.17) is 4.74 Å². The van der Waals surface area contributed by atoms with E-state index in [0.29, 0.717) is 5.75 Å². The summed E-state index contributed by atoms with van der Waals surface area (Å²) >= 11 is 0. The average Bonchev–Trinajstić information content (AvgIpc) is 2.92. The van der Waals surface area contributed by atoms with Gasteiger partial charge in [0.25, 0.3) is 5.91 Å². The Labute approximate surface area is 173 Å². The van der Waals surface area contributed by atoms with Crippen molar-refractivity contribution in [3.63, 3.8) is 0 Å². The topological polar surface area (TPSA) is 78.9 Å². The predicted molar refractivity (Wildman–Crippen MR) is 106 cm³/mol. The summed E-state index contributed by atoms with van der Waals surface area (Å²) in [6.07, 6.45) is -1.17. The highest BCUT2D eigenvalue weighted by atomic mass is 19.1. The summed E-state index contributed by atoms with van der Waals surface area (Å²) in [5, 5.41) is 12.7.